The maximum absolute atomic E-state index is 13.3. The molecule has 2 aromatic carbocycles. The normalized spacial score (nSPS) is 17.3. The van der Waals surface area contributed by atoms with Crippen molar-refractivity contribution in [2.45, 2.75) is 38.6 Å². The minimum atomic E-state index is -0.926. The summed E-state index contributed by atoms with van der Waals surface area (Å²) in [4.78, 5) is 26.8. The molecule has 6 nitrogen and oxygen atoms in total. The molecule has 32 heavy (non-hydrogen) atoms. The molecule has 2 amide bonds. The van der Waals surface area contributed by atoms with Crippen molar-refractivity contribution >= 4 is 11.8 Å². The van der Waals surface area contributed by atoms with E-state index in [0.29, 0.717) is 42.9 Å². The summed E-state index contributed by atoms with van der Waals surface area (Å²) in [5, 5.41) is 2.74. The van der Waals surface area contributed by atoms with Crippen LogP contribution in [0.5, 0.6) is 11.5 Å². The largest absolute Gasteiger partial charge is 0.454 e. The van der Waals surface area contributed by atoms with Gasteiger partial charge in [-0.2, -0.15) is 0 Å². The summed E-state index contributed by atoms with van der Waals surface area (Å²) in [5.74, 6) is -0.281. The van der Waals surface area contributed by atoms with Crippen molar-refractivity contribution in [1.82, 2.24) is 10.2 Å². The number of piperidine rings is 1. The van der Waals surface area contributed by atoms with Gasteiger partial charge in [0.2, 0.25) is 18.6 Å². The molecular weight excluding hydrogens is 418 g/mol. The fraction of sp³-hybridized carbons (Fsp3) is 0.417. The first-order valence-corrected chi connectivity index (χ1v) is 10.8. The molecule has 0 aliphatic carbocycles. The summed E-state index contributed by atoms with van der Waals surface area (Å²) >= 11 is 0. The van der Waals surface area contributed by atoms with Crippen molar-refractivity contribution < 1.29 is 27.8 Å². The van der Waals surface area contributed by atoms with Gasteiger partial charge in [-0.05, 0) is 60.6 Å². The molecule has 1 fully saturated rings. The lowest BCUT2D eigenvalue weighted by molar-refractivity contribution is -0.132. The van der Waals surface area contributed by atoms with Gasteiger partial charge in [0, 0.05) is 26.1 Å². The summed E-state index contributed by atoms with van der Waals surface area (Å²) in [5.41, 5.74) is 1.40. The zero-order valence-electron chi connectivity index (χ0n) is 17.7. The highest BCUT2D eigenvalue weighted by Gasteiger charge is 2.24. The second kappa shape index (κ2) is 9.97. The molecule has 0 bridgehead atoms. The molecule has 2 heterocycles. The molecular formula is C24H26F2N2O4. The molecule has 1 N–H and O–H groups in total. The average Bonchev–Trinajstić information content (AvgIpc) is 3.26. The van der Waals surface area contributed by atoms with E-state index in [1.807, 2.05) is 23.1 Å². The number of likely N-dealkylation sites (tertiary alicyclic amines) is 1. The van der Waals surface area contributed by atoms with Crippen LogP contribution in [0, 0.1) is 17.6 Å². The Morgan fingerprint density at radius 2 is 1.84 bits per heavy atom. The second-order valence-electron chi connectivity index (χ2n) is 8.28. The van der Waals surface area contributed by atoms with Crippen LogP contribution >= 0.6 is 0 Å². The van der Waals surface area contributed by atoms with Crippen LogP contribution in [0.15, 0.2) is 36.4 Å². The van der Waals surface area contributed by atoms with E-state index in [1.54, 1.807) is 0 Å². The Morgan fingerprint density at radius 1 is 1.03 bits per heavy atom. The molecule has 1 saturated heterocycles. The predicted molar refractivity (Wildman–Crippen MR) is 113 cm³/mol. The number of rotatable bonds is 7. The number of carbonyl (C=O) groups excluding carboxylic acids is 2. The Balaban J connectivity index is 1.21. The second-order valence-corrected chi connectivity index (χ2v) is 8.28. The van der Waals surface area contributed by atoms with Gasteiger partial charge in [0.1, 0.15) is 0 Å². The van der Waals surface area contributed by atoms with Crippen LogP contribution in [-0.4, -0.2) is 36.6 Å². The topological polar surface area (TPSA) is 67.9 Å². The molecule has 8 heteroatoms. The van der Waals surface area contributed by atoms with Gasteiger partial charge < -0.3 is 19.7 Å². The van der Waals surface area contributed by atoms with E-state index in [-0.39, 0.29) is 31.1 Å². The van der Waals surface area contributed by atoms with Gasteiger partial charge >= 0.3 is 0 Å². The number of amides is 2. The van der Waals surface area contributed by atoms with Gasteiger partial charge in [-0.3, -0.25) is 9.59 Å². The summed E-state index contributed by atoms with van der Waals surface area (Å²) in [6.07, 6.45) is 3.20. The number of hydrogen-bond donors (Lipinski definition) is 1. The summed E-state index contributed by atoms with van der Waals surface area (Å²) < 4.78 is 36.9. The number of ether oxygens (including phenoxy) is 2. The zero-order valence-corrected chi connectivity index (χ0v) is 17.7. The zero-order chi connectivity index (χ0) is 22.5. The fourth-order valence-corrected chi connectivity index (χ4v) is 4.14. The van der Waals surface area contributed by atoms with E-state index in [2.05, 4.69) is 5.32 Å². The Morgan fingerprint density at radius 3 is 2.69 bits per heavy atom. The fourth-order valence-electron chi connectivity index (χ4n) is 4.14. The van der Waals surface area contributed by atoms with Crippen LogP contribution in [-0.2, 0) is 22.6 Å². The molecule has 1 unspecified atom stereocenters. The van der Waals surface area contributed by atoms with Crippen LogP contribution < -0.4 is 14.8 Å². The first-order valence-electron chi connectivity index (χ1n) is 10.8. The maximum Gasteiger partial charge on any atom is 0.231 e. The molecule has 0 saturated carbocycles. The molecule has 0 spiro atoms. The van der Waals surface area contributed by atoms with Gasteiger partial charge in [0.15, 0.2) is 23.1 Å². The Hall–Kier alpha value is -3.16. The molecule has 2 aliphatic heterocycles. The van der Waals surface area contributed by atoms with E-state index in [1.165, 1.54) is 6.07 Å². The van der Waals surface area contributed by atoms with E-state index >= 15 is 0 Å². The van der Waals surface area contributed by atoms with Gasteiger partial charge in [0.05, 0.1) is 6.42 Å². The Bertz CT molecular complexity index is 998. The first-order chi connectivity index (χ1) is 15.5. The lowest BCUT2D eigenvalue weighted by Gasteiger charge is -2.33. The molecule has 2 aromatic rings. The third-order valence-corrected chi connectivity index (χ3v) is 5.92. The average molecular weight is 444 g/mol. The van der Waals surface area contributed by atoms with E-state index < -0.39 is 11.6 Å². The highest BCUT2D eigenvalue weighted by Crippen LogP contribution is 2.33. The minimum Gasteiger partial charge on any atom is -0.454 e. The third-order valence-electron chi connectivity index (χ3n) is 5.92. The van der Waals surface area contributed by atoms with Crippen LogP contribution in [0.3, 0.4) is 0 Å². The van der Waals surface area contributed by atoms with Crippen molar-refractivity contribution in [2.24, 2.45) is 5.92 Å². The van der Waals surface area contributed by atoms with Crippen LogP contribution in [0.2, 0.25) is 0 Å². The number of carbonyl (C=O) groups is 2. The van der Waals surface area contributed by atoms with E-state index in [4.69, 9.17) is 9.47 Å². The lowest BCUT2D eigenvalue weighted by Crippen LogP contribution is -2.41. The van der Waals surface area contributed by atoms with Crippen LogP contribution in [0.1, 0.15) is 36.8 Å². The molecule has 2 aliphatic rings. The monoisotopic (exact) mass is 444 g/mol. The quantitative estimate of drug-likeness (QED) is 0.709. The van der Waals surface area contributed by atoms with Crippen molar-refractivity contribution in [1.29, 1.82) is 0 Å². The van der Waals surface area contributed by atoms with Gasteiger partial charge in [-0.15, -0.1) is 0 Å². The standard InChI is InChI=1S/C24H26F2N2O4/c25-19-6-3-18(10-20(19)26)13-27-23(29)8-5-16-2-1-9-28(14-16)24(30)12-17-4-7-21-22(11-17)32-15-31-21/h3-4,6-7,10-11,16H,1-2,5,8-9,12-15H2,(H,27,29). The number of fused-ring (bicyclic) bond motifs is 1. The Kier molecular flexibility index (Phi) is 6.87. The molecule has 4 rings (SSSR count). The van der Waals surface area contributed by atoms with E-state index in [0.717, 1.165) is 37.1 Å². The maximum atomic E-state index is 13.3. The number of nitrogens with one attached hydrogen (secondary N) is 1. The summed E-state index contributed by atoms with van der Waals surface area (Å²) in [6, 6.07) is 9.13. The number of nitrogens with zero attached hydrogens (tertiary/aromatic N) is 1. The van der Waals surface area contributed by atoms with Crippen LogP contribution in [0.4, 0.5) is 8.78 Å². The molecule has 0 radical (unpaired) electrons. The highest BCUT2D eigenvalue weighted by atomic mass is 19.2. The number of hydrogen-bond acceptors (Lipinski definition) is 4. The molecule has 170 valence electrons. The SMILES string of the molecule is O=C(CCC1CCCN(C(=O)Cc2ccc3c(c2)OCO3)C1)NCc1ccc(F)c(F)c1. The van der Waals surface area contributed by atoms with Crippen molar-refractivity contribution in [3.05, 3.63) is 59.2 Å². The smallest absolute Gasteiger partial charge is 0.231 e. The summed E-state index contributed by atoms with van der Waals surface area (Å²) in [7, 11) is 0. The van der Waals surface area contributed by atoms with Gasteiger partial charge in [0.25, 0.3) is 0 Å². The number of halogens is 2. The van der Waals surface area contributed by atoms with Crippen molar-refractivity contribution in [3.63, 3.8) is 0 Å². The lowest BCUT2D eigenvalue weighted by atomic mass is 9.93. The number of benzene rings is 2. The van der Waals surface area contributed by atoms with E-state index in [9.17, 15) is 18.4 Å². The van der Waals surface area contributed by atoms with Gasteiger partial charge in [-0.25, -0.2) is 8.78 Å². The van der Waals surface area contributed by atoms with Gasteiger partial charge in [-0.1, -0.05) is 12.1 Å². The first kappa shape index (κ1) is 22.0. The van der Waals surface area contributed by atoms with Crippen LogP contribution in [0.25, 0.3) is 0 Å². The summed E-state index contributed by atoms with van der Waals surface area (Å²) in [6.45, 7) is 1.72. The van der Waals surface area contributed by atoms with Crippen molar-refractivity contribution in [3.8, 4) is 11.5 Å². The highest BCUT2D eigenvalue weighted by molar-refractivity contribution is 5.79. The Labute approximate surface area is 185 Å². The van der Waals surface area contributed by atoms with Crippen molar-refractivity contribution in [2.75, 3.05) is 19.9 Å². The molecule has 1 atom stereocenters. The third kappa shape index (κ3) is 5.55. The minimum absolute atomic E-state index is 0.0661. The predicted octanol–water partition coefficient (Wildman–Crippen LogP) is 3.57. The molecule has 0 aromatic heterocycles.